The third-order valence-electron chi connectivity index (χ3n) is 7.10. The number of rotatable bonds is 5. The number of likely N-dealkylation sites (tertiary alicyclic amines) is 1. The highest BCUT2D eigenvalue weighted by molar-refractivity contribution is 6.30. The lowest BCUT2D eigenvalue weighted by atomic mass is 9.84. The highest BCUT2D eigenvalue weighted by Gasteiger charge is 2.33. The van der Waals surface area contributed by atoms with E-state index in [-0.39, 0.29) is 5.78 Å². The predicted molar refractivity (Wildman–Crippen MR) is 138 cm³/mol. The van der Waals surface area contributed by atoms with Crippen LogP contribution in [0, 0.1) is 0 Å². The Kier molecular flexibility index (Phi) is 6.74. The first-order valence-corrected chi connectivity index (χ1v) is 12.5. The molecule has 0 atom stereocenters. The van der Waals surface area contributed by atoms with Gasteiger partial charge in [-0.25, -0.2) is 4.98 Å². The number of benzene rings is 2. The number of halogens is 1. The molecule has 1 aromatic heterocycles. The average Bonchev–Trinajstić information content (AvgIpc) is 3.02. The maximum atomic E-state index is 12.3. The zero-order valence-electron chi connectivity index (χ0n) is 19.8. The van der Waals surface area contributed by atoms with Crippen LogP contribution in [0.5, 0.6) is 11.6 Å². The fourth-order valence-corrected chi connectivity index (χ4v) is 5.20. The van der Waals surface area contributed by atoms with Crippen molar-refractivity contribution in [2.24, 2.45) is 0 Å². The van der Waals surface area contributed by atoms with Crippen molar-refractivity contribution in [2.75, 3.05) is 19.6 Å². The molecule has 0 spiro atoms. The molecule has 3 heterocycles. The van der Waals surface area contributed by atoms with E-state index in [4.69, 9.17) is 16.3 Å². The molecule has 5 rings (SSSR count). The number of hydrogen-bond donors (Lipinski definition) is 1. The van der Waals surface area contributed by atoms with E-state index in [2.05, 4.69) is 16.0 Å². The number of fused-ring (bicyclic) bond motifs is 2. The van der Waals surface area contributed by atoms with Crippen molar-refractivity contribution in [1.29, 1.82) is 0 Å². The molecule has 180 valence electrons. The summed E-state index contributed by atoms with van der Waals surface area (Å²) in [6, 6.07) is 17.1. The molecule has 0 bridgehead atoms. The largest absolute Gasteiger partial charge is 0.438 e. The van der Waals surface area contributed by atoms with Crippen LogP contribution in [0.4, 0.5) is 0 Å². The zero-order chi connectivity index (χ0) is 24.4. The quantitative estimate of drug-likeness (QED) is 0.443. The number of nitrogens with zero attached hydrogens (tertiary/aromatic N) is 2. The summed E-state index contributed by atoms with van der Waals surface area (Å²) in [5.74, 6) is 1.30. The van der Waals surface area contributed by atoms with Crippen molar-refractivity contribution < 1.29 is 14.6 Å². The van der Waals surface area contributed by atoms with Crippen LogP contribution in [-0.4, -0.2) is 40.4 Å². The lowest BCUT2D eigenvalue weighted by molar-refractivity contribution is -0.0254. The number of Topliss-reactive ketones (excluding diaryl/α,β-unsaturated/α-hetero) is 1. The third-order valence-corrected chi connectivity index (χ3v) is 7.36. The van der Waals surface area contributed by atoms with Crippen molar-refractivity contribution in [3.8, 4) is 11.6 Å². The fraction of sp³-hybridized carbons (Fsp3) is 0.310. The second-order valence-electron chi connectivity index (χ2n) is 9.37. The van der Waals surface area contributed by atoms with E-state index in [1.165, 1.54) is 0 Å². The van der Waals surface area contributed by atoms with Gasteiger partial charge >= 0.3 is 0 Å². The second kappa shape index (κ2) is 9.94. The first-order chi connectivity index (χ1) is 16.9. The Balaban J connectivity index is 1.30. The highest BCUT2D eigenvalue weighted by atomic mass is 35.5. The number of ketones is 1. The molecular weight excluding hydrogens is 460 g/mol. The van der Waals surface area contributed by atoms with E-state index in [1.807, 2.05) is 54.6 Å². The van der Waals surface area contributed by atoms with Crippen molar-refractivity contribution >= 4 is 23.0 Å². The molecule has 0 aliphatic carbocycles. The molecule has 1 saturated heterocycles. The number of hydrogen-bond acceptors (Lipinski definition) is 5. The monoisotopic (exact) mass is 488 g/mol. The van der Waals surface area contributed by atoms with Gasteiger partial charge in [0, 0.05) is 54.0 Å². The molecule has 5 nitrogen and oxygen atoms in total. The zero-order valence-corrected chi connectivity index (χ0v) is 20.6. The Morgan fingerprint density at radius 2 is 1.91 bits per heavy atom. The van der Waals surface area contributed by atoms with E-state index >= 15 is 0 Å². The number of aliphatic hydroxyl groups is 1. The number of ether oxygens (including phenoxy) is 1. The first kappa shape index (κ1) is 23.7. The van der Waals surface area contributed by atoms with E-state index < -0.39 is 5.60 Å². The molecule has 1 fully saturated rings. The molecule has 3 aromatic rings. The van der Waals surface area contributed by atoms with Gasteiger partial charge in [0.1, 0.15) is 5.75 Å². The molecule has 2 aliphatic heterocycles. The molecule has 35 heavy (non-hydrogen) atoms. The Morgan fingerprint density at radius 3 is 2.66 bits per heavy atom. The van der Waals surface area contributed by atoms with Gasteiger partial charge < -0.3 is 14.7 Å². The smallest absolute Gasteiger partial charge is 0.226 e. The number of carbonyl (C=O) groups excluding carboxylic acids is 1. The van der Waals surface area contributed by atoms with Crippen molar-refractivity contribution in [3.05, 3.63) is 94.1 Å². The van der Waals surface area contributed by atoms with Gasteiger partial charge in [-0.15, -0.1) is 0 Å². The lowest BCUT2D eigenvalue weighted by Gasteiger charge is -2.38. The molecule has 0 saturated carbocycles. The molecule has 0 radical (unpaired) electrons. The summed E-state index contributed by atoms with van der Waals surface area (Å²) in [6.07, 6.45) is 6.85. The lowest BCUT2D eigenvalue weighted by Crippen LogP contribution is -2.42. The van der Waals surface area contributed by atoms with Gasteiger partial charge in [0.2, 0.25) is 5.88 Å². The van der Waals surface area contributed by atoms with Crippen LogP contribution in [0.15, 0.2) is 66.9 Å². The van der Waals surface area contributed by atoms with Crippen LogP contribution >= 0.6 is 11.6 Å². The summed E-state index contributed by atoms with van der Waals surface area (Å²) >= 11 is 6.01. The second-order valence-corrected chi connectivity index (χ2v) is 9.81. The predicted octanol–water partition coefficient (Wildman–Crippen LogP) is 6.04. The van der Waals surface area contributed by atoms with Gasteiger partial charge in [0.15, 0.2) is 5.78 Å². The minimum atomic E-state index is -0.796. The van der Waals surface area contributed by atoms with Crippen LogP contribution in [-0.2, 0) is 12.0 Å². The highest BCUT2D eigenvalue weighted by Crippen LogP contribution is 2.39. The van der Waals surface area contributed by atoms with Crippen LogP contribution < -0.4 is 4.74 Å². The van der Waals surface area contributed by atoms with Crippen molar-refractivity contribution in [2.45, 2.75) is 38.2 Å². The SMILES string of the molecule is CC(=O)c1cccc2c1CC(=CCCN1CCC(O)(c3ccc(Cl)cc3)CC1)c1cccnc1O2. The summed E-state index contributed by atoms with van der Waals surface area (Å²) in [4.78, 5) is 19.1. The van der Waals surface area contributed by atoms with Crippen molar-refractivity contribution in [3.63, 3.8) is 0 Å². The van der Waals surface area contributed by atoms with Gasteiger partial charge in [0.05, 0.1) is 5.60 Å². The normalized spacial score (nSPS) is 18.3. The van der Waals surface area contributed by atoms with Gasteiger partial charge in [-0.1, -0.05) is 41.9 Å². The van der Waals surface area contributed by atoms with Gasteiger partial charge in [-0.3, -0.25) is 4.79 Å². The molecule has 0 unspecified atom stereocenters. The number of pyridine rings is 1. The van der Waals surface area contributed by atoms with Crippen LogP contribution in [0.1, 0.15) is 53.2 Å². The summed E-state index contributed by atoms with van der Waals surface area (Å²) in [6.45, 7) is 4.16. The van der Waals surface area contributed by atoms with Gasteiger partial charge in [0.25, 0.3) is 0 Å². The van der Waals surface area contributed by atoms with E-state index in [1.54, 1.807) is 13.1 Å². The Labute approximate surface area is 211 Å². The summed E-state index contributed by atoms with van der Waals surface area (Å²) in [5.41, 5.74) is 3.83. The van der Waals surface area contributed by atoms with Crippen LogP contribution in [0.25, 0.3) is 5.57 Å². The maximum absolute atomic E-state index is 12.3. The fourth-order valence-electron chi connectivity index (χ4n) is 5.08. The minimum absolute atomic E-state index is 0.0326. The molecule has 6 heteroatoms. The van der Waals surface area contributed by atoms with Crippen LogP contribution in [0.3, 0.4) is 0 Å². The van der Waals surface area contributed by atoms with E-state index in [9.17, 15) is 9.90 Å². The number of allylic oxidation sites excluding steroid dienone is 1. The summed E-state index contributed by atoms with van der Waals surface area (Å²) in [7, 11) is 0. The topological polar surface area (TPSA) is 62.7 Å². The number of piperidine rings is 1. The average molecular weight is 489 g/mol. The Hall–Kier alpha value is -2.99. The molecule has 1 N–H and O–H groups in total. The third kappa shape index (κ3) is 5.03. The van der Waals surface area contributed by atoms with E-state index in [0.29, 0.717) is 41.5 Å². The van der Waals surface area contributed by atoms with E-state index in [0.717, 1.165) is 48.3 Å². The Bertz CT molecular complexity index is 1260. The molecule has 0 amide bonds. The van der Waals surface area contributed by atoms with Gasteiger partial charge in [-0.05, 0) is 67.7 Å². The maximum Gasteiger partial charge on any atom is 0.226 e. The minimum Gasteiger partial charge on any atom is -0.438 e. The first-order valence-electron chi connectivity index (χ1n) is 12.1. The van der Waals surface area contributed by atoms with Crippen LogP contribution in [0.2, 0.25) is 5.02 Å². The van der Waals surface area contributed by atoms with Gasteiger partial charge in [-0.2, -0.15) is 0 Å². The molecular formula is C29H29ClN2O3. The molecule has 2 aromatic carbocycles. The van der Waals surface area contributed by atoms with Crippen molar-refractivity contribution in [1.82, 2.24) is 9.88 Å². The standard InChI is InChI=1S/C29H29ClN2O3/c1-20(33)24-6-2-8-27-26(24)19-21(25-7-3-15-31-28(25)35-27)5-4-16-32-17-13-29(34,14-18-32)22-9-11-23(30)12-10-22/h2-3,5-12,15,34H,4,13-14,16-19H2,1H3. The number of carbonyl (C=O) groups is 1. The summed E-state index contributed by atoms with van der Waals surface area (Å²) < 4.78 is 6.14. The molecule has 2 aliphatic rings. The number of aromatic nitrogens is 1. The summed E-state index contributed by atoms with van der Waals surface area (Å²) in [5, 5.41) is 11.8. The Morgan fingerprint density at radius 1 is 1.14 bits per heavy atom.